The SMILES string of the molecule is O=C1CCCC=C1C(c1ccccc1)c1ccc(Cl)cc1. The summed E-state index contributed by atoms with van der Waals surface area (Å²) in [4.78, 5) is 12.4. The van der Waals surface area contributed by atoms with Gasteiger partial charge in [-0.2, -0.15) is 0 Å². The van der Waals surface area contributed by atoms with Crippen molar-refractivity contribution in [1.29, 1.82) is 0 Å². The maximum atomic E-state index is 12.4. The molecule has 1 unspecified atom stereocenters. The molecule has 2 aromatic rings. The molecule has 0 saturated heterocycles. The van der Waals surface area contributed by atoms with Gasteiger partial charge in [-0.1, -0.05) is 60.1 Å². The standard InChI is InChI=1S/C19H17ClO/c20-16-12-10-15(11-13-16)19(14-6-2-1-3-7-14)17-8-4-5-9-18(17)21/h1-3,6-8,10-13,19H,4-5,9H2. The van der Waals surface area contributed by atoms with E-state index in [4.69, 9.17) is 11.6 Å². The summed E-state index contributed by atoms with van der Waals surface area (Å²) < 4.78 is 0. The Hall–Kier alpha value is -1.86. The maximum Gasteiger partial charge on any atom is 0.159 e. The van der Waals surface area contributed by atoms with E-state index in [0.717, 1.165) is 34.6 Å². The van der Waals surface area contributed by atoms with E-state index in [1.54, 1.807) is 0 Å². The normalized spacial score (nSPS) is 16.4. The number of rotatable bonds is 3. The topological polar surface area (TPSA) is 17.1 Å². The van der Waals surface area contributed by atoms with Gasteiger partial charge in [-0.15, -0.1) is 0 Å². The summed E-state index contributed by atoms with van der Waals surface area (Å²) in [6, 6.07) is 18.0. The minimum Gasteiger partial charge on any atom is -0.295 e. The third-order valence-corrected chi connectivity index (χ3v) is 4.19. The van der Waals surface area contributed by atoms with Gasteiger partial charge in [0.15, 0.2) is 5.78 Å². The van der Waals surface area contributed by atoms with Crippen molar-refractivity contribution in [1.82, 2.24) is 0 Å². The Labute approximate surface area is 130 Å². The van der Waals surface area contributed by atoms with Crippen molar-refractivity contribution in [3.8, 4) is 0 Å². The van der Waals surface area contributed by atoms with Gasteiger partial charge < -0.3 is 0 Å². The predicted octanol–water partition coefficient (Wildman–Crippen LogP) is 5.15. The zero-order valence-electron chi connectivity index (χ0n) is 11.8. The minimum atomic E-state index is 0.0104. The molecule has 0 aliphatic heterocycles. The average Bonchev–Trinajstić information content (AvgIpc) is 2.52. The number of halogens is 1. The van der Waals surface area contributed by atoms with E-state index in [1.165, 1.54) is 0 Å². The zero-order valence-corrected chi connectivity index (χ0v) is 12.5. The van der Waals surface area contributed by atoms with E-state index in [2.05, 4.69) is 18.2 Å². The molecule has 2 aromatic carbocycles. The van der Waals surface area contributed by atoms with Gasteiger partial charge in [0.1, 0.15) is 0 Å². The van der Waals surface area contributed by atoms with Crippen LogP contribution in [-0.2, 0) is 4.79 Å². The number of hydrogen-bond acceptors (Lipinski definition) is 1. The summed E-state index contributed by atoms with van der Waals surface area (Å²) in [7, 11) is 0. The largest absolute Gasteiger partial charge is 0.295 e. The van der Waals surface area contributed by atoms with Gasteiger partial charge in [-0.3, -0.25) is 4.79 Å². The highest BCUT2D eigenvalue weighted by atomic mass is 35.5. The summed E-state index contributed by atoms with van der Waals surface area (Å²) in [6.45, 7) is 0. The summed E-state index contributed by atoms with van der Waals surface area (Å²) >= 11 is 6.00. The number of allylic oxidation sites excluding steroid dienone is 2. The molecule has 1 aliphatic rings. The molecule has 0 spiro atoms. The number of benzene rings is 2. The Bertz CT molecular complexity index is 656. The molecule has 1 aliphatic carbocycles. The number of carbonyl (C=O) groups is 1. The molecular formula is C19H17ClO. The first-order chi connectivity index (χ1) is 10.3. The van der Waals surface area contributed by atoms with Crippen LogP contribution in [0.25, 0.3) is 0 Å². The number of carbonyl (C=O) groups excluding carboxylic acids is 1. The van der Waals surface area contributed by atoms with Crippen LogP contribution >= 0.6 is 11.6 Å². The Morgan fingerprint density at radius 1 is 0.905 bits per heavy atom. The Morgan fingerprint density at radius 3 is 2.24 bits per heavy atom. The number of ketones is 1. The van der Waals surface area contributed by atoms with Gasteiger partial charge in [0.05, 0.1) is 0 Å². The Balaban J connectivity index is 2.09. The first-order valence-corrected chi connectivity index (χ1v) is 7.67. The second kappa shape index (κ2) is 6.28. The van der Waals surface area contributed by atoms with E-state index in [9.17, 15) is 4.79 Å². The van der Waals surface area contributed by atoms with Gasteiger partial charge in [0, 0.05) is 22.9 Å². The van der Waals surface area contributed by atoms with Gasteiger partial charge in [-0.25, -0.2) is 0 Å². The summed E-state index contributed by atoms with van der Waals surface area (Å²) in [5.74, 6) is 0.279. The Kier molecular flexibility index (Phi) is 4.21. The molecule has 1 atom stereocenters. The highest BCUT2D eigenvalue weighted by Gasteiger charge is 2.25. The fourth-order valence-corrected chi connectivity index (χ4v) is 3.04. The van der Waals surface area contributed by atoms with Gasteiger partial charge in [-0.05, 0) is 36.1 Å². The molecule has 0 aromatic heterocycles. The Morgan fingerprint density at radius 2 is 1.57 bits per heavy atom. The fraction of sp³-hybridized carbons (Fsp3) is 0.211. The van der Waals surface area contributed by atoms with Crippen LogP contribution in [0.2, 0.25) is 5.02 Å². The molecule has 0 N–H and O–H groups in total. The van der Waals surface area contributed by atoms with Crippen molar-refractivity contribution in [3.05, 3.63) is 82.4 Å². The first-order valence-electron chi connectivity index (χ1n) is 7.29. The molecule has 1 nitrogen and oxygen atoms in total. The van der Waals surface area contributed by atoms with E-state index < -0.39 is 0 Å². The van der Waals surface area contributed by atoms with Crippen LogP contribution in [0, 0.1) is 0 Å². The number of hydrogen-bond donors (Lipinski definition) is 0. The zero-order chi connectivity index (χ0) is 14.7. The van der Waals surface area contributed by atoms with Crippen molar-refractivity contribution in [2.45, 2.75) is 25.2 Å². The highest BCUT2D eigenvalue weighted by Crippen LogP contribution is 2.35. The van der Waals surface area contributed by atoms with E-state index in [-0.39, 0.29) is 11.7 Å². The quantitative estimate of drug-likeness (QED) is 0.765. The van der Waals surface area contributed by atoms with Crippen LogP contribution in [-0.4, -0.2) is 5.78 Å². The maximum absolute atomic E-state index is 12.4. The molecular weight excluding hydrogens is 280 g/mol. The monoisotopic (exact) mass is 296 g/mol. The first kappa shape index (κ1) is 14.1. The third kappa shape index (κ3) is 3.08. The van der Waals surface area contributed by atoms with Crippen molar-refractivity contribution in [2.75, 3.05) is 0 Å². The van der Waals surface area contributed by atoms with Crippen molar-refractivity contribution >= 4 is 17.4 Å². The molecule has 3 rings (SSSR count). The summed E-state index contributed by atoms with van der Waals surface area (Å²) in [6.07, 6.45) is 4.71. The lowest BCUT2D eigenvalue weighted by atomic mass is 9.79. The second-order valence-corrected chi connectivity index (χ2v) is 5.81. The minimum absolute atomic E-state index is 0.0104. The lowest BCUT2D eigenvalue weighted by Crippen LogP contribution is -2.16. The molecule has 106 valence electrons. The smallest absolute Gasteiger partial charge is 0.159 e. The van der Waals surface area contributed by atoms with Crippen LogP contribution in [0.15, 0.2) is 66.2 Å². The third-order valence-electron chi connectivity index (χ3n) is 3.94. The van der Waals surface area contributed by atoms with Gasteiger partial charge in [0.2, 0.25) is 0 Å². The molecule has 21 heavy (non-hydrogen) atoms. The molecule has 0 bridgehead atoms. The van der Waals surface area contributed by atoms with Gasteiger partial charge in [0.25, 0.3) is 0 Å². The molecule has 0 fully saturated rings. The average molecular weight is 297 g/mol. The molecule has 0 amide bonds. The van der Waals surface area contributed by atoms with Crippen LogP contribution in [0.1, 0.15) is 36.3 Å². The lowest BCUT2D eigenvalue weighted by molar-refractivity contribution is -0.116. The summed E-state index contributed by atoms with van der Waals surface area (Å²) in [5.41, 5.74) is 3.20. The molecule has 0 heterocycles. The van der Waals surface area contributed by atoms with Crippen molar-refractivity contribution in [3.63, 3.8) is 0 Å². The summed E-state index contributed by atoms with van der Waals surface area (Å²) in [5, 5.41) is 0.717. The van der Waals surface area contributed by atoms with Crippen LogP contribution in [0.4, 0.5) is 0 Å². The molecule has 2 heteroatoms. The highest BCUT2D eigenvalue weighted by molar-refractivity contribution is 6.30. The predicted molar refractivity (Wildman–Crippen MR) is 86.7 cm³/mol. The molecule has 0 saturated carbocycles. The number of Topliss-reactive ketones (excluding diaryl/α,β-unsaturated/α-hetero) is 1. The van der Waals surface area contributed by atoms with Crippen LogP contribution in [0.3, 0.4) is 0 Å². The molecule has 0 radical (unpaired) electrons. The van der Waals surface area contributed by atoms with Crippen molar-refractivity contribution in [2.24, 2.45) is 0 Å². The van der Waals surface area contributed by atoms with E-state index in [1.807, 2.05) is 42.5 Å². The fourth-order valence-electron chi connectivity index (χ4n) is 2.91. The van der Waals surface area contributed by atoms with Crippen LogP contribution in [0.5, 0.6) is 0 Å². The van der Waals surface area contributed by atoms with E-state index in [0.29, 0.717) is 6.42 Å². The lowest BCUT2D eigenvalue weighted by Gasteiger charge is -2.23. The van der Waals surface area contributed by atoms with Crippen molar-refractivity contribution < 1.29 is 4.79 Å². The van der Waals surface area contributed by atoms with Gasteiger partial charge >= 0.3 is 0 Å². The second-order valence-electron chi connectivity index (χ2n) is 5.37. The van der Waals surface area contributed by atoms with Crippen LogP contribution < -0.4 is 0 Å². The van der Waals surface area contributed by atoms with E-state index >= 15 is 0 Å².